The fourth-order valence-corrected chi connectivity index (χ4v) is 2.94. The molecule has 0 saturated heterocycles. The van der Waals surface area contributed by atoms with Crippen LogP contribution < -0.4 is 15.2 Å². The minimum absolute atomic E-state index is 0.499. The Balaban J connectivity index is 1.91. The van der Waals surface area contributed by atoms with E-state index in [0.29, 0.717) is 30.3 Å². The highest BCUT2D eigenvalue weighted by Gasteiger charge is 2.23. The number of aliphatic hydroxyl groups excluding tert-OH is 1. The first-order valence-corrected chi connectivity index (χ1v) is 7.54. The van der Waals surface area contributed by atoms with Crippen molar-refractivity contribution in [3.8, 4) is 11.5 Å². The van der Waals surface area contributed by atoms with Crippen LogP contribution in [0.25, 0.3) is 0 Å². The summed E-state index contributed by atoms with van der Waals surface area (Å²) >= 11 is 3.45. The maximum absolute atomic E-state index is 10.5. The van der Waals surface area contributed by atoms with Gasteiger partial charge in [0.2, 0.25) is 0 Å². The maximum Gasteiger partial charge on any atom is 0.175 e. The van der Waals surface area contributed by atoms with Crippen LogP contribution >= 0.6 is 15.9 Å². The Morgan fingerprint density at radius 1 is 1.05 bits per heavy atom. The number of benzene rings is 2. The van der Waals surface area contributed by atoms with Crippen molar-refractivity contribution in [1.29, 1.82) is 0 Å². The molecule has 1 aliphatic heterocycles. The molecular weight excluding hydrogens is 334 g/mol. The summed E-state index contributed by atoms with van der Waals surface area (Å²) in [5.41, 5.74) is 7.74. The monoisotopic (exact) mass is 349 g/mol. The van der Waals surface area contributed by atoms with Gasteiger partial charge in [-0.2, -0.15) is 0 Å². The van der Waals surface area contributed by atoms with Crippen molar-refractivity contribution in [2.24, 2.45) is 5.73 Å². The molecule has 0 fully saturated rings. The number of rotatable bonds is 3. The third kappa shape index (κ3) is 2.90. The van der Waals surface area contributed by atoms with Crippen molar-refractivity contribution in [2.75, 3.05) is 13.2 Å². The van der Waals surface area contributed by atoms with Gasteiger partial charge in [0.05, 0.1) is 16.6 Å². The molecular formula is C16H16BrNO3. The first kappa shape index (κ1) is 14.4. The average Bonchev–Trinajstić information content (AvgIpc) is 2.54. The Bertz CT molecular complexity index is 633. The van der Waals surface area contributed by atoms with Gasteiger partial charge in [-0.15, -0.1) is 0 Å². The van der Waals surface area contributed by atoms with Crippen molar-refractivity contribution < 1.29 is 14.6 Å². The molecule has 2 aromatic rings. The zero-order chi connectivity index (χ0) is 14.8. The zero-order valence-corrected chi connectivity index (χ0v) is 12.9. The summed E-state index contributed by atoms with van der Waals surface area (Å²) in [7, 11) is 0. The molecule has 0 spiro atoms. The molecule has 0 saturated carbocycles. The lowest BCUT2D eigenvalue weighted by Crippen LogP contribution is -2.20. The van der Waals surface area contributed by atoms with Gasteiger partial charge in [0.15, 0.2) is 11.5 Å². The van der Waals surface area contributed by atoms with Crippen molar-refractivity contribution >= 4 is 15.9 Å². The van der Waals surface area contributed by atoms with Crippen LogP contribution in [0.15, 0.2) is 46.9 Å². The van der Waals surface area contributed by atoms with Gasteiger partial charge in [-0.05, 0) is 39.2 Å². The van der Waals surface area contributed by atoms with Crippen LogP contribution in [0.3, 0.4) is 0 Å². The van der Waals surface area contributed by atoms with Crippen molar-refractivity contribution in [3.63, 3.8) is 0 Å². The summed E-state index contributed by atoms with van der Waals surface area (Å²) in [5.74, 6) is 1.30. The van der Waals surface area contributed by atoms with Crippen molar-refractivity contribution in [2.45, 2.75) is 12.1 Å². The van der Waals surface area contributed by atoms with Crippen LogP contribution in [0.2, 0.25) is 0 Å². The number of aliphatic hydroxyl groups is 1. The molecule has 0 aliphatic carbocycles. The van der Waals surface area contributed by atoms with Gasteiger partial charge in [-0.25, -0.2) is 0 Å². The molecule has 1 aliphatic rings. The van der Waals surface area contributed by atoms with Gasteiger partial charge in [-0.3, -0.25) is 0 Å². The minimum Gasteiger partial charge on any atom is -0.486 e. The van der Waals surface area contributed by atoms with Crippen LogP contribution in [0.1, 0.15) is 23.3 Å². The van der Waals surface area contributed by atoms with E-state index in [1.165, 1.54) is 0 Å². The van der Waals surface area contributed by atoms with Crippen LogP contribution in [0.5, 0.6) is 11.5 Å². The molecule has 110 valence electrons. The number of fused-ring (bicyclic) bond motifs is 1. The molecule has 5 heteroatoms. The van der Waals surface area contributed by atoms with E-state index in [1.807, 2.05) is 36.4 Å². The molecule has 0 bridgehead atoms. The van der Waals surface area contributed by atoms with Gasteiger partial charge in [-0.1, -0.05) is 30.3 Å². The SMILES string of the molecule is NC(c1ccccc1)C(O)c1cc(Br)c2c(c1)OCCO2. The van der Waals surface area contributed by atoms with Crippen LogP contribution in [0.4, 0.5) is 0 Å². The molecule has 0 amide bonds. The summed E-state index contributed by atoms with van der Waals surface area (Å²) in [4.78, 5) is 0. The number of hydrogen-bond acceptors (Lipinski definition) is 4. The lowest BCUT2D eigenvalue weighted by Gasteiger charge is -2.24. The standard InChI is InChI=1S/C16H16BrNO3/c17-12-8-11(9-13-16(12)21-7-6-20-13)15(19)14(18)10-4-2-1-3-5-10/h1-5,8-9,14-15,19H,6-7,18H2. The quantitative estimate of drug-likeness (QED) is 0.893. The van der Waals surface area contributed by atoms with E-state index < -0.39 is 12.1 Å². The van der Waals surface area contributed by atoms with E-state index in [0.717, 1.165) is 10.0 Å². The van der Waals surface area contributed by atoms with Crippen LogP contribution in [-0.4, -0.2) is 18.3 Å². The van der Waals surface area contributed by atoms with Gasteiger partial charge >= 0.3 is 0 Å². The Kier molecular flexibility index (Phi) is 4.14. The van der Waals surface area contributed by atoms with Gasteiger partial charge in [0.1, 0.15) is 13.2 Å². The number of nitrogens with two attached hydrogens (primary N) is 1. The fraction of sp³-hybridized carbons (Fsp3) is 0.250. The Morgan fingerprint density at radius 2 is 1.76 bits per heavy atom. The van der Waals surface area contributed by atoms with Gasteiger partial charge in [0.25, 0.3) is 0 Å². The summed E-state index contributed by atoms with van der Waals surface area (Å²) in [6.07, 6.45) is -0.820. The third-order valence-corrected chi connectivity index (χ3v) is 4.07. The van der Waals surface area contributed by atoms with Crippen molar-refractivity contribution in [1.82, 2.24) is 0 Å². The number of ether oxygens (including phenoxy) is 2. The topological polar surface area (TPSA) is 64.7 Å². The molecule has 2 atom stereocenters. The number of halogens is 1. The Hall–Kier alpha value is -1.56. The molecule has 3 N–H and O–H groups in total. The molecule has 2 unspecified atom stereocenters. The normalized spacial score (nSPS) is 16.3. The second-order valence-corrected chi connectivity index (χ2v) is 5.76. The van der Waals surface area contributed by atoms with Gasteiger partial charge in [0, 0.05) is 0 Å². The fourth-order valence-electron chi connectivity index (χ4n) is 2.37. The Labute approximate surface area is 131 Å². The zero-order valence-electron chi connectivity index (χ0n) is 11.3. The molecule has 3 rings (SSSR count). The smallest absolute Gasteiger partial charge is 0.175 e. The predicted molar refractivity (Wildman–Crippen MR) is 83.5 cm³/mol. The molecule has 2 aromatic carbocycles. The summed E-state index contributed by atoms with van der Waals surface area (Å²) in [5, 5.41) is 10.5. The summed E-state index contributed by atoms with van der Waals surface area (Å²) < 4.78 is 11.9. The van der Waals surface area contributed by atoms with E-state index in [4.69, 9.17) is 15.2 Å². The van der Waals surface area contributed by atoms with E-state index >= 15 is 0 Å². The van der Waals surface area contributed by atoms with E-state index in [2.05, 4.69) is 15.9 Å². The van der Waals surface area contributed by atoms with E-state index in [-0.39, 0.29) is 0 Å². The summed E-state index contributed by atoms with van der Waals surface area (Å²) in [6.45, 7) is 1.03. The predicted octanol–water partition coefficient (Wildman–Crippen LogP) is 2.95. The van der Waals surface area contributed by atoms with E-state index in [9.17, 15) is 5.11 Å². The minimum atomic E-state index is -0.820. The lowest BCUT2D eigenvalue weighted by molar-refractivity contribution is 0.143. The van der Waals surface area contributed by atoms with Crippen LogP contribution in [-0.2, 0) is 0 Å². The Morgan fingerprint density at radius 3 is 2.52 bits per heavy atom. The first-order chi connectivity index (χ1) is 10.2. The maximum atomic E-state index is 10.5. The molecule has 0 radical (unpaired) electrons. The van der Waals surface area contributed by atoms with Gasteiger partial charge < -0.3 is 20.3 Å². The van der Waals surface area contributed by atoms with Crippen molar-refractivity contribution in [3.05, 3.63) is 58.1 Å². The largest absolute Gasteiger partial charge is 0.486 e. The summed E-state index contributed by atoms with van der Waals surface area (Å²) in [6, 6.07) is 12.6. The highest BCUT2D eigenvalue weighted by atomic mass is 79.9. The number of hydrogen-bond donors (Lipinski definition) is 2. The van der Waals surface area contributed by atoms with E-state index in [1.54, 1.807) is 6.07 Å². The first-order valence-electron chi connectivity index (χ1n) is 6.74. The second-order valence-electron chi connectivity index (χ2n) is 4.91. The molecule has 21 heavy (non-hydrogen) atoms. The van der Waals surface area contributed by atoms with Crippen LogP contribution in [0, 0.1) is 0 Å². The molecule has 1 heterocycles. The third-order valence-electron chi connectivity index (χ3n) is 3.49. The molecule has 0 aromatic heterocycles. The average molecular weight is 350 g/mol. The lowest BCUT2D eigenvalue weighted by atomic mass is 9.96. The molecule has 4 nitrogen and oxygen atoms in total. The highest BCUT2D eigenvalue weighted by molar-refractivity contribution is 9.10. The highest BCUT2D eigenvalue weighted by Crippen LogP contribution is 2.41. The second kappa shape index (κ2) is 6.05.